The van der Waals surface area contributed by atoms with Gasteiger partial charge in [-0.1, -0.05) is 12.1 Å². The van der Waals surface area contributed by atoms with Crippen molar-refractivity contribution in [3.8, 4) is 5.75 Å². The van der Waals surface area contributed by atoms with Crippen LogP contribution in [0, 0.1) is 0 Å². The molecule has 0 fully saturated rings. The van der Waals surface area contributed by atoms with Gasteiger partial charge in [-0.2, -0.15) is 8.78 Å². The summed E-state index contributed by atoms with van der Waals surface area (Å²) in [6, 6.07) is 10.6. The van der Waals surface area contributed by atoms with Gasteiger partial charge >= 0.3 is 12.6 Å². The van der Waals surface area contributed by atoms with Crippen molar-refractivity contribution in [3.05, 3.63) is 60.2 Å². The number of rotatable bonds is 7. The molecule has 0 aliphatic rings. The largest absolute Gasteiger partial charge is 0.478 e. The van der Waals surface area contributed by atoms with E-state index in [1.165, 1.54) is 48.5 Å². The van der Waals surface area contributed by atoms with Crippen LogP contribution in [0.15, 0.2) is 59.5 Å². The molecule has 0 atom stereocenters. The van der Waals surface area contributed by atoms with Crippen molar-refractivity contribution < 1.29 is 31.8 Å². The summed E-state index contributed by atoms with van der Waals surface area (Å²) < 4.78 is 55.4. The van der Waals surface area contributed by atoms with Crippen molar-refractivity contribution in [2.24, 2.45) is 0 Å². The Morgan fingerprint density at radius 3 is 2.44 bits per heavy atom. The lowest BCUT2D eigenvalue weighted by molar-refractivity contribution is -0.131. The summed E-state index contributed by atoms with van der Waals surface area (Å²) in [7, 11) is -3.93. The molecule has 0 aliphatic carbocycles. The van der Waals surface area contributed by atoms with Crippen LogP contribution in [0.4, 0.5) is 14.5 Å². The smallest absolute Gasteiger partial charge is 0.387 e. The Morgan fingerprint density at radius 2 is 1.84 bits per heavy atom. The molecule has 9 heteroatoms. The van der Waals surface area contributed by atoms with Gasteiger partial charge in [0, 0.05) is 11.8 Å². The van der Waals surface area contributed by atoms with Crippen molar-refractivity contribution in [1.82, 2.24) is 0 Å². The number of alkyl halides is 2. The molecule has 25 heavy (non-hydrogen) atoms. The molecule has 0 spiro atoms. The predicted molar refractivity (Wildman–Crippen MR) is 87.0 cm³/mol. The first-order chi connectivity index (χ1) is 11.8. The Labute approximate surface area is 142 Å². The molecule has 2 aromatic carbocycles. The van der Waals surface area contributed by atoms with E-state index in [4.69, 9.17) is 5.11 Å². The van der Waals surface area contributed by atoms with E-state index in [1.54, 1.807) is 6.07 Å². The van der Waals surface area contributed by atoms with Crippen LogP contribution < -0.4 is 9.46 Å². The molecule has 0 saturated carbocycles. The molecule has 2 aromatic rings. The van der Waals surface area contributed by atoms with Crippen molar-refractivity contribution in [2.75, 3.05) is 4.72 Å². The van der Waals surface area contributed by atoms with Crippen molar-refractivity contribution >= 4 is 27.8 Å². The van der Waals surface area contributed by atoms with Crippen LogP contribution in [0.1, 0.15) is 5.56 Å². The Bertz CT molecular complexity index is 880. The van der Waals surface area contributed by atoms with E-state index in [-0.39, 0.29) is 16.3 Å². The number of hydrogen-bond acceptors (Lipinski definition) is 4. The number of carbonyl (C=O) groups is 1. The van der Waals surface area contributed by atoms with Crippen LogP contribution in [0.3, 0.4) is 0 Å². The molecular weight excluding hydrogens is 356 g/mol. The maximum absolute atomic E-state index is 12.4. The standard InChI is InChI=1S/C16H13F2NO5S/c17-16(18)24-13-7-5-12(6-8-13)19-25(22,23)14-3-1-2-11(10-14)4-9-15(20)21/h1-10,16,19H,(H,20,21). The minimum Gasteiger partial charge on any atom is -0.478 e. The predicted octanol–water partition coefficient (Wildman–Crippen LogP) is 3.19. The van der Waals surface area contributed by atoms with Crippen LogP contribution in [-0.2, 0) is 14.8 Å². The first-order valence-electron chi connectivity index (χ1n) is 6.85. The molecule has 0 aliphatic heterocycles. The van der Waals surface area contributed by atoms with Gasteiger partial charge in [0.15, 0.2) is 0 Å². The van der Waals surface area contributed by atoms with Gasteiger partial charge in [-0.05, 0) is 48.0 Å². The summed E-state index contributed by atoms with van der Waals surface area (Å²) in [4.78, 5) is 10.4. The number of ether oxygens (including phenoxy) is 1. The maximum Gasteiger partial charge on any atom is 0.387 e. The molecule has 132 valence electrons. The van der Waals surface area contributed by atoms with Crippen LogP contribution in [-0.4, -0.2) is 26.1 Å². The third kappa shape index (κ3) is 5.57. The number of aliphatic carboxylic acids is 1. The van der Waals surface area contributed by atoms with Crippen molar-refractivity contribution in [2.45, 2.75) is 11.5 Å². The lowest BCUT2D eigenvalue weighted by Gasteiger charge is -2.10. The summed E-state index contributed by atoms with van der Waals surface area (Å²) in [5, 5.41) is 8.60. The average Bonchev–Trinajstić information content (AvgIpc) is 2.54. The van der Waals surface area contributed by atoms with E-state index >= 15 is 0 Å². The quantitative estimate of drug-likeness (QED) is 0.731. The van der Waals surface area contributed by atoms with E-state index in [9.17, 15) is 22.0 Å². The van der Waals surface area contributed by atoms with Gasteiger partial charge in [0.2, 0.25) is 0 Å². The fourth-order valence-electron chi connectivity index (χ4n) is 1.87. The minimum absolute atomic E-state index is 0.0760. The van der Waals surface area contributed by atoms with Crippen LogP contribution in [0.2, 0.25) is 0 Å². The lowest BCUT2D eigenvalue weighted by Crippen LogP contribution is -2.13. The van der Waals surface area contributed by atoms with Gasteiger partial charge in [0.05, 0.1) is 4.90 Å². The molecule has 6 nitrogen and oxygen atoms in total. The van der Waals surface area contributed by atoms with E-state index in [1.807, 2.05) is 0 Å². The monoisotopic (exact) mass is 369 g/mol. The van der Waals surface area contributed by atoms with Gasteiger partial charge in [0.25, 0.3) is 10.0 Å². The molecule has 0 heterocycles. The van der Waals surface area contributed by atoms with E-state index in [0.717, 1.165) is 6.08 Å². The Morgan fingerprint density at radius 1 is 1.16 bits per heavy atom. The third-order valence-corrected chi connectivity index (χ3v) is 4.30. The number of anilines is 1. The molecule has 0 bridgehead atoms. The fourth-order valence-corrected chi connectivity index (χ4v) is 2.98. The second-order valence-electron chi connectivity index (χ2n) is 4.75. The fraction of sp³-hybridized carbons (Fsp3) is 0.0625. The van der Waals surface area contributed by atoms with Crippen LogP contribution in [0.5, 0.6) is 5.75 Å². The highest BCUT2D eigenvalue weighted by atomic mass is 32.2. The summed E-state index contributed by atoms with van der Waals surface area (Å²) >= 11 is 0. The average molecular weight is 369 g/mol. The second-order valence-corrected chi connectivity index (χ2v) is 6.43. The highest BCUT2D eigenvalue weighted by Gasteiger charge is 2.14. The maximum atomic E-state index is 12.4. The third-order valence-electron chi connectivity index (χ3n) is 2.92. The first-order valence-corrected chi connectivity index (χ1v) is 8.33. The molecule has 0 aromatic heterocycles. The van der Waals surface area contributed by atoms with Crippen LogP contribution >= 0.6 is 0 Å². The lowest BCUT2D eigenvalue weighted by atomic mass is 10.2. The van der Waals surface area contributed by atoms with Gasteiger partial charge in [-0.25, -0.2) is 13.2 Å². The normalized spacial score (nSPS) is 11.6. The SMILES string of the molecule is O=C(O)C=Cc1cccc(S(=O)(=O)Nc2ccc(OC(F)F)cc2)c1. The molecule has 0 unspecified atom stereocenters. The van der Waals surface area contributed by atoms with Crippen molar-refractivity contribution in [3.63, 3.8) is 0 Å². The number of benzene rings is 2. The zero-order valence-corrected chi connectivity index (χ0v) is 13.4. The highest BCUT2D eigenvalue weighted by Crippen LogP contribution is 2.21. The summed E-state index contributed by atoms with van der Waals surface area (Å²) in [6.07, 6.45) is 2.15. The van der Waals surface area contributed by atoms with Gasteiger partial charge in [-0.15, -0.1) is 0 Å². The summed E-state index contributed by atoms with van der Waals surface area (Å²) in [6.45, 7) is -2.97. The zero-order valence-electron chi connectivity index (χ0n) is 12.6. The Hall–Kier alpha value is -2.94. The molecular formula is C16H13F2NO5S. The second kappa shape index (κ2) is 7.75. The summed E-state index contributed by atoms with van der Waals surface area (Å²) in [5.74, 6) is -1.25. The van der Waals surface area contributed by atoms with Gasteiger partial charge in [-0.3, -0.25) is 4.72 Å². The Kier molecular flexibility index (Phi) is 5.71. The topological polar surface area (TPSA) is 92.7 Å². The van der Waals surface area contributed by atoms with E-state index < -0.39 is 22.6 Å². The number of halogens is 2. The number of sulfonamides is 1. The molecule has 0 amide bonds. The number of carboxylic acids is 1. The van der Waals surface area contributed by atoms with Gasteiger partial charge in [0.1, 0.15) is 5.75 Å². The molecule has 0 radical (unpaired) electrons. The first kappa shape index (κ1) is 18.4. The molecule has 2 rings (SSSR count). The van der Waals surface area contributed by atoms with E-state index in [2.05, 4.69) is 9.46 Å². The van der Waals surface area contributed by atoms with Gasteiger partial charge < -0.3 is 9.84 Å². The highest BCUT2D eigenvalue weighted by molar-refractivity contribution is 7.92. The summed E-state index contributed by atoms with van der Waals surface area (Å²) in [5.41, 5.74) is 0.555. The molecule has 2 N–H and O–H groups in total. The minimum atomic E-state index is -3.93. The van der Waals surface area contributed by atoms with Crippen molar-refractivity contribution in [1.29, 1.82) is 0 Å². The number of nitrogens with one attached hydrogen (secondary N) is 1. The Balaban J connectivity index is 2.18. The van der Waals surface area contributed by atoms with E-state index in [0.29, 0.717) is 5.56 Å². The zero-order chi connectivity index (χ0) is 18.4. The van der Waals surface area contributed by atoms with Crippen LogP contribution in [0.25, 0.3) is 6.08 Å². The number of hydrogen-bond donors (Lipinski definition) is 2. The number of carboxylic acid groups (broad SMARTS) is 1. The molecule has 0 saturated heterocycles.